The average Bonchev–Trinajstić information content (AvgIpc) is 2.73. The minimum Gasteiger partial charge on any atom is -0.376 e. The first-order valence-electron chi connectivity index (χ1n) is 6.14. The lowest BCUT2D eigenvalue weighted by atomic mass is 10.1. The standard InChI is InChI=1S/C12H14ClFN2O4S/c1-6-10(2-3-20-6)16-12(17)7-4-11(21(15,18)19)9(14)5-8(7)13/h4-6,10H,2-3H2,1H3,(H,16,17)(H2,15,18,19). The number of amides is 1. The van der Waals surface area contributed by atoms with E-state index in [1.807, 2.05) is 0 Å². The fourth-order valence-electron chi connectivity index (χ4n) is 2.09. The first kappa shape index (κ1) is 16.2. The monoisotopic (exact) mass is 336 g/mol. The molecule has 1 aliphatic rings. The number of rotatable bonds is 3. The molecule has 0 bridgehead atoms. The van der Waals surface area contributed by atoms with Crippen molar-refractivity contribution in [3.8, 4) is 0 Å². The maximum atomic E-state index is 13.6. The molecular weight excluding hydrogens is 323 g/mol. The molecule has 0 aliphatic carbocycles. The van der Waals surface area contributed by atoms with Crippen LogP contribution >= 0.6 is 11.6 Å². The molecule has 1 aromatic rings. The van der Waals surface area contributed by atoms with Crippen molar-refractivity contribution in [1.82, 2.24) is 5.32 Å². The summed E-state index contributed by atoms with van der Waals surface area (Å²) in [6.45, 7) is 2.33. The molecule has 116 valence electrons. The molecule has 1 saturated heterocycles. The summed E-state index contributed by atoms with van der Waals surface area (Å²) < 4.78 is 41.4. The summed E-state index contributed by atoms with van der Waals surface area (Å²) in [5, 5.41) is 7.39. The third-order valence-corrected chi connectivity index (χ3v) is 4.50. The molecule has 1 fully saturated rings. The van der Waals surface area contributed by atoms with E-state index in [-0.39, 0.29) is 22.7 Å². The predicted octanol–water partition coefficient (Wildman–Crippen LogP) is 1.03. The maximum Gasteiger partial charge on any atom is 0.253 e. The summed E-state index contributed by atoms with van der Waals surface area (Å²) in [5.74, 6) is -1.70. The smallest absolute Gasteiger partial charge is 0.253 e. The maximum absolute atomic E-state index is 13.6. The predicted molar refractivity (Wildman–Crippen MR) is 74.1 cm³/mol. The van der Waals surface area contributed by atoms with Gasteiger partial charge in [-0.05, 0) is 25.5 Å². The number of carbonyl (C=O) groups excluding carboxylic acids is 1. The van der Waals surface area contributed by atoms with E-state index in [9.17, 15) is 17.6 Å². The van der Waals surface area contributed by atoms with Crippen LogP contribution in [0.1, 0.15) is 23.7 Å². The number of nitrogens with one attached hydrogen (secondary N) is 1. The Kier molecular flexibility index (Phi) is 4.52. The zero-order chi connectivity index (χ0) is 15.8. The van der Waals surface area contributed by atoms with Crippen molar-refractivity contribution in [2.45, 2.75) is 30.4 Å². The normalized spacial score (nSPS) is 22.3. The number of hydrogen-bond acceptors (Lipinski definition) is 4. The van der Waals surface area contributed by atoms with E-state index in [0.717, 1.165) is 12.1 Å². The van der Waals surface area contributed by atoms with Crippen molar-refractivity contribution in [3.05, 3.63) is 28.5 Å². The van der Waals surface area contributed by atoms with Gasteiger partial charge in [0.15, 0.2) is 0 Å². The van der Waals surface area contributed by atoms with Gasteiger partial charge in [-0.1, -0.05) is 11.6 Å². The number of hydrogen-bond donors (Lipinski definition) is 2. The third kappa shape index (κ3) is 3.52. The zero-order valence-corrected chi connectivity index (χ0v) is 12.7. The number of primary sulfonamides is 1. The third-order valence-electron chi connectivity index (χ3n) is 3.27. The van der Waals surface area contributed by atoms with Crippen molar-refractivity contribution in [2.75, 3.05) is 6.61 Å². The van der Waals surface area contributed by atoms with Gasteiger partial charge in [0.05, 0.1) is 22.7 Å². The van der Waals surface area contributed by atoms with Crippen LogP contribution in [0.2, 0.25) is 5.02 Å². The fourth-order valence-corrected chi connectivity index (χ4v) is 2.94. The van der Waals surface area contributed by atoms with Crippen LogP contribution in [0.15, 0.2) is 17.0 Å². The van der Waals surface area contributed by atoms with Crippen molar-refractivity contribution < 1.29 is 22.3 Å². The lowest BCUT2D eigenvalue weighted by molar-refractivity contribution is 0.0866. The number of sulfonamides is 1. The Bertz CT molecular complexity index is 680. The van der Waals surface area contributed by atoms with Gasteiger partial charge in [0.1, 0.15) is 10.7 Å². The first-order valence-corrected chi connectivity index (χ1v) is 8.07. The highest BCUT2D eigenvalue weighted by atomic mass is 35.5. The zero-order valence-electron chi connectivity index (χ0n) is 11.1. The van der Waals surface area contributed by atoms with E-state index in [1.165, 1.54) is 0 Å². The fraction of sp³-hybridized carbons (Fsp3) is 0.417. The molecule has 0 spiro atoms. The highest BCUT2D eigenvalue weighted by Crippen LogP contribution is 2.24. The van der Waals surface area contributed by atoms with Crippen LogP contribution < -0.4 is 10.5 Å². The minimum absolute atomic E-state index is 0.152. The summed E-state index contributed by atoms with van der Waals surface area (Å²) in [7, 11) is -4.28. The van der Waals surface area contributed by atoms with Crippen molar-refractivity contribution in [3.63, 3.8) is 0 Å². The molecule has 2 atom stereocenters. The summed E-state index contributed by atoms with van der Waals surface area (Å²) in [6.07, 6.45) is 0.471. The van der Waals surface area contributed by atoms with E-state index in [0.29, 0.717) is 13.0 Å². The lowest BCUT2D eigenvalue weighted by Gasteiger charge is -2.17. The Hall–Kier alpha value is -1.22. The Balaban J connectivity index is 2.33. The molecule has 1 amide bonds. The van der Waals surface area contributed by atoms with Crippen LogP contribution in [0.25, 0.3) is 0 Å². The summed E-state index contributed by atoms with van der Waals surface area (Å²) in [4.78, 5) is 11.4. The molecular formula is C12H14ClFN2O4S. The second-order valence-electron chi connectivity index (χ2n) is 4.75. The van der Waals surface area contributed by atoms with Gasteiger partial charge >= 0.3 is 0 Å². The second-order valence-corrected chi connectivity index (χ2v) is 6.69. The van der Waals surface area contributed by atoms with E-state index >= 15 is 0 Å². The van der Waals surface area contributed by atoms with E-state index in [1.54, 1.807) is 6.92 Å². The number of halogens is 2. The van der Waals surface area contributed by atoms with Crippen molar-refractivity contribution in [2.24, 2.45) is 5.14 Å². The molecule has 3 N–H and O–H groups in total. The van der Waals surface area contributed by atoms with Crippen LogP contribution in [0.5, 0.6) is 0 Å². The number of carbonyl (C=O) groups is 1. The molecule has 1 aromatic carbocycles. The molecule has 0 aromatic heterocycles. The van der Waals surface area contributed by atoms with E-state index < -0.39 is 26.6 Å². The first-order chi connectivity index (χ1) is 9.70. The molecule has 1 heterocycles. The molecule has 21 heavy (non-hydrogen) atoms. The number of benzene rings is 1. The summed E-state index contributed by atoms with van der Waals surface area (Å²) >= 11 is 5.80. The van der Waals surface area contributed by atoms with Crippen LogP contribution in [-0.2, 0) is 14.8 Å². The van der Waals surface area contributed by atoms with Crippen LogP contribution in [-0.4, -0.2) is 33.1 Å². The van der Waals surface area contributed by atoms with Gasteiger partial charge in [0.2, 0.25) is 10.0 Å². The van der Waals surface area contributed by atoms with Crippen molar-refractivity contribution >= 4 is 27.5 Å². The number of ether oxygens (including phenoxy) is 1. The summed E-state index contributed by atoms with van der Waals surface area (Å²) in [6, 6.07) is 1.38. The molecule has 1 aliphatic heterocycles. The largest absolute Gasteiger partial charge is 0.376 e. The van der Waals surface area contributed by atoms with Crippen LogP contribution in [0.4, 0.5) is 4.39 Å². The molecule has 6 nitrogen and oxygen atoms in total. The Morgan fingerprint density at radius 3 is 2.71 bits per heavy atom. The lowest BCUT2D eigenvalue weighted by Crippen LogP contribution is -2.39. The highest BCUT2D eigenvalue weighted by Gasteiger charge is 2.28. The Labute approximate surface area is 126 Å². The SMILES string of the molecule is CC1OCCC1NC(=O)c1cc(S(N)(=O)=O)c(F)cc1Cl. The number of nitrogens with two attached hydrogens (primary N) is 1. The average molecular weight is 337 g/mol. The Morgan fingerprint density at radius 2 is 2.19 bits per heavy atom. The van der Waals surface area contributed by atoms with E-state index in [4.69, 9.17) is 21.5 Å². The van der Waals surface area contributed by atoms with E-state index in [2.05, 4.69) is 5.32 Å². The molecule has 2 rings (SSSR count). The van der Waals surface area contributed by atoms with Gasteiger partial charge in [0.25, 0.3) is 5.91 Å². The van der Waals surface area contributed by atoms with Gasteiger partial charge < -0.3 is 10.1 Å². The molecule has 0 radical (unpaired) electrons. The highest BCUT2D eigenvalue weighted by molar-refractivity contribution is 7.89. The molecule has 9 heteroatoms. The summed E-state index contributed by atoms with van der Waals surface area (Å²) in [5.41, 5.74) is -0.152. The van der Waals surface area contributed by atoms with Gasteiger partial charge in [-0.3, -0.25) is 4.79 Å². The molecule has 0 saturated carbocycles. The van der Waals surface area contributed by atoms with Gasteiger partial charge in [-0.15, -0.1) is 0 Å². The van der Waals surface area contributed by atoms with Gasteiger partial charge in [-0.25, -0.2) is 17.9 Å². The minimum atomic E-state index is -4.28. The Morgan fingerprint density at radius 1 is 1.52 bits per heavy atom. The molecule has 2 unspecified atom stereocenters. The van der Waals surface area contributed by atoms with Crippen LogP contribution in [0.3, 0.4) is 0 Å². The van der Waals surface area contributed by atoms with Gasteiger partial charge in [0, 0.05) is 6.61 Å². The topological polar surface area (TPSA) is 98.5 Å². The van der Waals surface area contributed by atoms with Crippen LogP contribution in [0, 0.1) is 5.82 Å². The van der Waals surface area contributed by atoms with Gasteiger partial charge in [-0.2, -0.15) is 0 Å². The second kappa shape index (κ2) is 5.88. The quantitative estimate of drug-likeness (QED) is 0.861. The van der Waals surface area contributed by atoms with Crippen molar-refractivity contribution in [1.29, 1.82) is 0 Å².